The molecule has 3 aliphatic heterocycles. The molecular weight excluding hydrogens is 514 g/mol. The van der Waals surface area contributed by atoms with Gasteiger partial charge in [-0.15, -0.1) is 0 Å². The van der Waals surface area contributed by atoms with Gasteiger partial charge in [-0.25, -0.2) is 0 Å². The normalized spacial score (nSPS) is 22.2. The van der Waals surface area contributed by atoms with E-state index in [1.54, 1.807) is 6.92 Å². The van der Waals surface area contributed by atoms with Crippen molar-refractivity contribution < 1.29 is 12.8 Å². The minimum atomic E-state index is -0.0572. The van der Waals surface area contributed by atoms with Crippen molar-refractivity contribution in [1.82, 2.24) is 15.5 Å². The first-order chi connectivity index (χ1) is 14.5. The van der Waals surface area contributed by atoms with Gasteiger partial charge in [-0.3, -0.25) is 4.79 Å². The van der Waals surface area contributed by atoms with Gasteiger partial charge in [-0.05, 0) is 96.6 Å². The molecule has 0 unspecified atom stereocenters. The fourth-order valence-corrected chi connectivity index (χ4v) is 4.49. The van der Waals surface area contributed by atoms with E-state index < -0.39 is 0 Å². The van der Waals surface area contributed by atoms with Crippen molar-refractivity contribution in [3.8, 4) is 0 Å². The summed E-state index contributed by atoms with van der Waals surface area (Å²) in [5.41, 5.74) is 5.68. The Bertz CT molecular complexity index is 433. The molecule has 0 spiro atoms. The number of aliphatic hydroxyl groups excluding tert-OH is 1. The van der Waals surface area contributed by atoms with Gasteiger partial charge in [0.2, 0.25) is 0 Å². The van der Waals surface area contributed by atoms with Crippen LogP contribution >= 0.6 is 0 Å². The maximum Gasteiger partial charge on any atom is 2.00 e. The van der Waals surface area contributed by atoms with E-state index in [0.29, 0.717) is 11.7 Å². The minimum absolute atomic E-state index is 0. The Kier molecular flexibility index (Phi) is 21.1. The summed E-state index contributed by atoms with van der Waals surface area (Å²) >= 11 is 0. The Balaban J connectivity index is -0.000000403. The van der Waals surface area contributed by atoms with Crippen molar-refractivity contribution in [3.05, 3.63) is 0 Å². The van der Waals surface area contributed by atoms with Gasteiger partial charge >= 0.3 is 48.9 Å². The molecule has 182 valence electrons. The minimum Gasteiger partial charge on any atom is -1.00 e. The van der Waals surface area contributed by atoms with Crippen molar-refractivity contribution in [1.29, 1.82) is 0 Å². The van der Waals surface area contributed by atoms with Crippen LogP contribution in [0.5, 0.6) is 0 Å². The van der Waals surface area contributed by atoms with Crippen LogP contribution < -0.4 is 16.4 Å². The average molecular weight is 566 g/mol. The molecule has 5 N–H and O–H groups in total. The number of nitrogens with zero attached hydrogens (tertiary/aromatic N) is 1. The fourth-order valence-electron chi connectivity index (χ4n) is 4.49. The number of likely N-dealkylation sites (tertiary alicyclic amines) is 1. The van der Waals surface area contributed by atoms with Crippen LogP contribution in [0.3, 0.4) is 0 Å². The first-order valence-corrected chi connectivity index (χ1v) is 12.5. The quantitative estimate of drug-likeness (QED) is 0.370. The predicted molar refractivity (Wildman–Crippen MR) is 135 cm³/mol. The maximum absolute atomic E-state index is 10.8. The Morgan fingerprint density at radius 2 is 1.42 bits per heavy atom. The van der Waals surface area contributed by atoms with Crippen LogP contribution in [-0.4, -0.2) is 123 Å². The van der Waals surface area contributed by atoms with Crippen molar-refractivity contribution in [2.45, 2.75) is 78.2 Å². The number of carbonyl (C=O) groups is 1. The number of nitrogens with one attached hydrogen (secondary N) is 2. The van der Waals surface area contributed by atoms with E-state index in [4.69, 9.17) is 10.8 Å². The Morgan fingerprint density at radius 1 is 0.968 bits per heavy atom. The summed E-state index contributed by atoms with van der Waals surface area (Å²) < 4.78 is 0. The number of hydrogen-bond donors (Lipinski definition) is 4. The second-order valence-corrected chi connectivity index (χ2v) is 9.33. The van der Waals surface area contributed by atoms with Gasteiger partial charge in [0.05, 0.1) is 6.61 Å². The van der Waals surface area contributed by atoms with Gasteiger partial charge in [0, 0.05) is 18.5 Å². The predicted octanol–water partition coefficient (Wildman–Crippen LogP) is 2.24. The zero-order valence-corrected chi connectivity index (χ0v) is 25.2. The molecule has 0 bridgehead atoms. The van der Waals surface area contributed by atoms with Gasteiger partial charge in [0.1, 0.15) is 5.78 Å². The zero-order valence-electron chi connectivity index (χ0n) is 22.7. The third kappa shape index (κ3) is 15.5. The van der Waals surface area contributed by atoms with Crippen molar-refractivity contribution >= 4 is 54.7 Å². The zero-order chi connectivity index (χ0) is 22.2. The summed E-state index contributed by atoms with van der Waals surface area (Å²) in [5.74, 6) is 2.65. The van der Waals surface area contributed by atoms with E-state index >= 15 is 0 Å². The van der Waals surface area contributed by atoms with Gasteiger partial charge < -0.3 is 29.2 Å². The van der Waals surface area contributed by atoms with E-state index in [1.165, 1.54) is 51.6 Å². The van der Waals surface area contributed by atoms with Gasteiger partial charge in [0.15, 0.2) is 0 Å². The molecule has 3 heterocycles. The average Bonchev–Trinajstić information content (AvgIpc) is 2.81. The number of rotatable bonds is 6. The van der Waals surface area contributed by atoms with Crippen LogP contribution in [0.1, 0.15) is 75.0 Å². The van der Waals surface area contributed by atoms with Gasteiger partial charge in [-0.2, -0.15) is 0 Å². The first-order valence-electron chi connectivity index (χ1n) is 12.5. The SMILES string of the molecule is CC(=O)C1CCNCC1.CCC1CCN(C[C@H](N)CO)CC1.CCC1CCNCC1.[Ba+2].[H-].[H-]. The summed E-state index contributed by atoms with van der Waals surface area (Å²) in [5, 5.41) is 15.4. The van der Waals surface area contributed by atoms with Crippen LogP contribution in [0.2, 0.25) is 0 Å². The van der Waals surface area contributed by atoms with Crippen LogP contribution in [0, 0.1) is 17.8 Å². The second kappa shape index (κ2) is 20.4. The van der Waals surface area contributed by atoms with E-state index in [9.17, 15) is 4.79 Å². The smallest absolute Gasteiger partial charge is 1.00 e. The summed E-state index contributed by atoms with van der Waals surface area (Å²) in [6.07, 6.45) is 10.2. The number of hydrogen-bond acceptors (Lipinski definition) is 6. The monoisotopic (exact) mass is 566 g/mol. The van der Waals surface area contributed by atoms with E-state index in [2.05, 4.69) is 29.4 Å². The molecule has 0 aliphatic carbocycles. The van der Waals surface area contributed by atoms with Crippen LogP contribution in [0.15, 0.2) is 0 Å². The fraction of sp³-hybridized carbons (Fsp3) is 0.958. The Labute approximate surface area is 235 Å². The van der Waals surface area contributed by atoms with Crippen molar-refractivity contribution in [2.75, 3.05) is 52.4 Å². The molecule has 1 atom stereocenters. The number of aliphatic hydroxyl groups is 1. The molecule has 0 saturated carbocycles. The van der Waals surface area contributed by atoms with Gasteiger partial charge in [-0.1, -0.05) is 26.7 Å². The summed E-state index contributed by atoms with van der Waals surface area (Å²) in [7, 11) is 0. The molecule has 3 saturated heterocycles. The first kappa shape index (κ1) is 32.0. The van der Waals surface area contributed by atoms with Crippen LogP contribution in [0.4, 0.5) is 0 Å². The standard InChI is InChI=1S/C10H22N2O.C7H13NO.C7H15N.Ba.2H/c1-2-9-3-5-12(6-4-9)7-10(11)8-13;1-6(9)7-2-4-8-5-3-7;1-2-7-3-5-8-6-4-7;;;/h9-10,13H,2-8,11H2,1H3;7-8H,2-5H2,1H3;7-8H,2-6H2,1H3;;;/q;;;+2;2*-1/t10-;;;;;/m0...../s1. The van der Waals surface area contributed by atoms with E-state index in [0.717, 1.165) is 57.4 Å². The van der Waals surface area contributed by atoms with E-state index in [-0.39, 0.29) is 64.4 Å². The molecule has 0 aromatic rings. The van der Waals surface area contributed by atoms with Crippen molar-refractivity contribution in [2.24, 2.45) is 23.5 Å². The largest absolute Gasteiger partial charge is 2.00 e. The Hall–Kier alpha value is 1.04. The summed E-state index contributed by atoms with van der Waals surface area (Å²) in [6.45, 7) is 14.1. The third-order valence-electron chi connectivity index (χ3n) is 6.96. The molecule has 3 fully saturated rings. The molecule has 0 aromatic carbocycles. The van der Waals surface area contributed by atoms with Crippen LogP contribution in [0.25, 0.3) is 0 Å². The molecule has 7 heteroatoms. The molecule has 0 radical (unpaired) electrons. The van der Waals surface area contributed by atoms with E-state index in [1.807, 2.05) is 0 Å². The molecule has 3 aliphatic rings. The molecular formula is C24H52BaN4O2. The third-order valence-corrected chi connectivity index (χ3v) is 6.96. The Morgan fingerprint density at radius 3 is 1.77 bits per heavy atom. The number of Topliss-reactive ketones (excluding diaryl/α,β-unsaturated/α-hetero) is 1. The van der Waals surface area contributed by atoms with Crippen LogP contribution in [-0.2, 0) is 4.79 Å². The van der Waals surface area contributed by atoms with Gasteiger partial charge in [0.25, 0.3) is 0 Å². The summed E-state index contributed by atoms with van der Waals surface area (Å²) in [6, 6.07) is -0.0572. The second-order valence-electron chi connectivity index (χ2n) is 9.33. The maximum atomic E-state index is 10.8. The molecule has 6 nitrogen and oxygen atoms in total. The molecule has 3 rings (SSSR count). The number of piperidine rings is 3. The number of carbonyl (C=O) groups excluding carboxylic acids is 1. The topological polar surface area (TPSA) is 90.6 Å². The number of nitrogens with two attached hydrogens (primary N) is 1. The van der Waals surface area contributed by atoms with Crippen molar-refractivity contribution in [3.63, 3.8) is 0 Å². The molecule has 0 aromatic heterocycles. The molecule has 0 amide bonds. The molecule has 31 heavy (non-hydrogen) atoms. The summed E-state index contributed by atoms with van der Waals surface area (Å²) in [4.78, 5) is 13.1. The number of ketones is 1.